The summed E-state index contributed by atoms with van der Waals surface area (Å²) in [6, 6.07) is -0.947. The summed E-state index contributed by atoms with van der Waals surface area (Å²) in [4.78, 5) is 62.4. The molecule has 0 aliphatic carbocycles. The van der Waals surface area contributed by atoms with Crippen LogP contribution in [0, 0.1) is 0 Å². The first-order valence-electron chi connectivity index (χ1n) is 9.32. The molecule has 0 bridgehead atoms. The standard InChI is InChI=1S/C17H15N7O6S4/c1-30-23-9(8-4-32-16(21-8)19-6-25)12(26)22-10-13(27)24-11(15(28)29)7(2-31-14(10)24)3-33-17-18-5-20-34-17/h4-6,10,14H,2-3H2,1H3,(H,22,26)(H,28,29)(H,19,21,25)/b23-9-/t10?,14-/m0/s1. The van der Waals surface area contributed by atoms with Crippen LogP contribution in [0.5, 0.6) is 0 Å². The molecule has 3 amide bonds. The number of carboxylic acid groups (broad SMARTS) is 1. The molecule has 3 N–H and O–H groups in total. The fraction of sp³-hybridized carbons (Fsp3) is 0.294. The van der Waals surface area contributed by atoms with E-state index in [1.54, 1.807) is 0 Å². The van der Waals surface area contributed by atoms with E-state index in [0.717, 1.165) is 11.3 Å². The van der Waals surface area contributed by atoms with Gasteiger partial charge < -0.3 is 20.6 Å². The summed E-state index contributed by atoms with van der Waals surface area (Å²) in [6.45, 7) is 0. The van der Waals surface area contributed by atoms with Crippen LogP contribution < -0.4 is 10.6 Å². The molecular weight excluding hydrogens is 526 g/mol. The Bertz CT molecular complexity index is 1180. The van der Waals surface area contributed by atoms with E-state index in [1.807, 2.05) is 0 Å². The molecule has 0 radical (unpaired) electrons. The van der Waals surface area contributed by atoms with E-state index in [1.165, 1.54) is 58.8 Å². The third kappa shape index (κ3) is 4.77. The topological polar surface area (TPSA) is 176 Å². The quantitative estimate of drug-likeness (QED) is 0.125. The van der Waals surface area contributed by atoms with E-state index >= 15 is 0 Å². The van der Waals surface area contributed by atoms with Gasteiger partial charge in [0.2, 0.25) is 6.41 Å². The van der Waals surface area contributed by atoms with Crippen LogP contribution in [-0.4, -0.2) is 84.3 Å². The van der Waals surface area contributed by atoms with E-state index in [0.29, 0.717) is 27.8 Å². The molecule has 0 spiro atoms. The number of hydrogen-bond acceptors (Lipinski definition) is 13. The number of fused-ring (bicyclic) bond motifs is 1. The molecule has 178 valence electrons. The number of rotatable bonds is 10. The minimum atomic E-state index is -1.21. The SMILES string of the molecule is CO/N=C(\C(=O)NC1C(=O)N2C(C(=O)O)=C(CSc3ncns3)CS[C@@H]12)c1csc(NC=O)n1. The molecular formula is C17H15N7O6S4. The van der Waals surface area contributed by atoms with Crippen molar-refractivity contribution in [2.24, 2.45) is 5.16 Å². The summed E-state index contributed by atoms with van der Waals surface area (Å²) in [5.41, 5.74) is 0.473. The molecule has 0 saturated carbocycles. The Hall–Kier alpha value is -3.02. The fourth-order valence-corrected chi connectivity index (χ4v) is 6.76. The van der Waals surface area contributed by atoms with Crippen LogP contribution in [-0.2, 0) is 24.0 Å². The van der Waals surface area contributed by atoms with Crippen LogP contribution in [0.2, 0.25) is 0 Å². The van der Waals surface area contributed by atoms with Crippen molar-refractivity contribution in [3.63, 3.8) is 0 Å². The summed E-state index contributed by atoms with van der Waals surface area (Å²) in [6.07, 6.45) is 1.87. The molecule has 4 heterocycles. The maximum atomic E-state index is 12.9. The molecule has 4 rings (SSSR count). The summed E-state index contributed by atoms with van der Waals surface area (Å²) in [7, 11) is 1.25. The van der Waals surface area contributed by atoms with Crippen LogP contribution in [0.25, 0.3) is 0 Å². The third-order valence-corrected chi connectivity index (χ3v) is 8.57. The molecule has 13 nitrogen and oxygen atoms in total. The average molecular weight is 542 g/mol. The lowest BCUT2D eigenvalue weighted by atomic mass is 10.0. The highest BCUT2D eigenvalue weighted by Gasteiger charge is 2.54. The highest BCUT2D eigenvalue weighted by atomic mass is 32.2. The van der Waals surface area contributed by atoms with E-state index < -0.39 is 29.2 Å². The van der Waals surface area contributed by atoms with Gasteiger partial charge in [-0.25, -0.2) is 14.8 Å². The second-order valence-electron chi connectivity index (χ2n) is 6.54. The first-order chi connectivity index (χ1) is 16.4. The smallest absolute Gasteiger partial charge is 0.352 e. The second kappa shape index (κ2) is 10.5. The minimum Gasteiger partial charge on any atom is -0.477 e. The monoisotopic (exact) mass is 541 g/mol. The van der Waals surface area contributed by atoms with Gasteiger partial charge in [-0.1, -0.05) is 16.9 Å². The Morgan fingerprint density at radius 3 is 2.97 bits per heavy atom. The Morgan fingerprint density at radius 1 is 1.47 bits per heavy atom. The van der Waals surface area contributed by atoms with Crippen molar-refractivity contribution >= 4 is 81.4 Å². The Kier molecular flexibility index (Phi) is 7.44. The van der Waals surface area contributed by atoms with Gasteiger partial charge in [0.1, 0.15) is 36.2 Å². The van der Waals surface area contributed by atoms with Crippen molar-refractivity contribution in [1.82, 2.24) is 24.6 Å². The van der Waals surface area contributed by atoms with Crippen molar-refractivity contribution in [1.29, 1.82) is 0 Å². The van der Waals surface area contributed by atoms with Crippen molar-refractivity contribution in [3.05, 3.63) is 28.7 Å². The lowest BCUT2D eigenvalue weighted by Gasteiger charge is -2.49. The lowest BCUT2D eigenvalue weighted by molar-refractivity contribution is -0.150. The van der Waals surface area contributed by atoms with Crippen LogP contribution in [0.4, 0.5) is 5.13 Å². The summed E-state index contributed by atoms with van der Waals surface area (Å²) >= 11 is 4.99. The van der Waals surface area contributed by atoms with E-state index in [2.05, 4.69) is 30.1 Å². The van der Waals surface area contributed by atoms with Gasteiger partial charge in [0.15, 0.2) is 15.2 Å². The molecule has 1 saturated heterocycles. The molecule has 0 aromatic carbocycles. The number of thiazole rings is 1. The Balaban J connectivity index is 1.48. The van der Waals surface area contributed by atoms with Gasteiger partial charge in [-0.05, 0) is 17.1 Å². The van der Waals surface area contributed by atoms with Gasteiger partial charge >= 0.3 is 5.97 Å². The normalized spacial score (nSPS) is 19.9. The first-order valence-corrected chi connectivity index (χ1v) is 13.0. The Morgan fingerprint density at radius 2 is 2.29 bits per heavy atom. The predicted molar refractivity (Wildman–Crippen MR) is 126 cm³/mol. The highest BCUT2D eigenvalue weighted by molar-refractivity contribution is 8.01. The molecule has 1 unspecified atom stereocenters. The van der Waals surface area contributed by atoms with Gasteiger partial charge in [0.25, 0.3) is 11.8 Å². The number of carbonyl (C=O) groups excluding carboxylic acids is 3. The predicted octanol–water partition coefficient (Wildman–Crippen LogP) is 0.444. The molecule has 1 fully saturated rings. The lowest BCUT2D eigenvalue weighted by Crippen LogP contribution is -2.71. The van der Waals surface area contributed by atoms with Gasteiger partial charge in [-0.15, -0.1) is 23.1 Å². The van der Waals surface area contributed by atoms with Gasteiger partial charge in [0.05, 0.1) is 0 Å². The van der Waals surface area contributed by atoms with Crippen LogP contribution in [0.15, 0.2) is 32.5 Å². The fourth-order valence-electron chi connectivity index (χ4n) is 3.17. The van der Waals surface area contributed by atoms with Crippen molar-refractivity contribution < 1.29 is 29.1 Å². The Labute approximate surface area is 208 Å². The molecule has 2 atom stereocenters. The van der Waals surface area contributed by atoms with Gasteiger partial charge in [-0.3, -0.25) is 19.3 Å². The molecule has 2 aromatic rings. The number of nitrogens with one attached hydrogen (secondary N) is 2. The number of nitrogens with zero attached hydrogens (tertiary/aromatic N) is 5. The molecule has 2 aromatic heterocycles. The number of thioether (sulfide) groups is 2. The zero-order valence-corrected chi connectivity index (χ0v) is 20.4. The number of β-lactam (4-membered cyclic amide) rings is 1. The van der Waals surface area contributed by atoms with E-state index in [4.69, 9.17) is 4.84 Å². The maximum Gasteiger partial charge on any atom is 0.352 e. The highest BCUT2D eigenvalue weighted by Crippen LogP contribution is 2.41. The van der Waals surface area contributed by atoms with Crippen molar-refractivity contribution in [3.8, 4) is 0 Å². The minimum absolute atomic E-state index is 0.0777. The number of aliphatic carboxylic acids is 1. The van der Waals surface area contributed by atoms with E-state index in [-0.39, 0.29) is 22.2 Å². The number of oxime groups is 1. The number of aromatic nitrogens is 3. The summed E-state index contributed by atoms with van der Waals surface area (Å²) in [5, 5.41) is 19.6. The summed E-state index contributed by atoms with van der Waals surface area (Å²) < 4.78 is 4.61. The zero-order chi connectivity index (χ0) is 24.2. The number of carboxylic acids is 1. The van der Waals surface area contributed by atoms with Crippen LogP contribution in [0.3, 0.4) is 0 Å². The number of amides is 3. The van der Waals surface area contributed by atoms with Crippen molar-refractivity contribution in [2.75, 3.05) is 23.9 Å². The van der Waals surface area contributed by atoms with Crippen LogP contribution >= 0.6 is 46.4 Å². The second-order valence-corrected chi connectivity index (χ2v) is 10.5. The zero-order valence-electron chi connectivity index (χ0n) is 17.2. The largest absolute Gasteiger partial charge is 0.477 e. The average Bonchev–Trinajstić information content (AvgIpc) is 3.51. The van der Waals surface area contributed by atoms with Gasteiger partial charge in [-0.2, -0.15) is 4.37 Å². The van der Waals surface area contributed by atoms with Gasteiger partial charge in [0, 0.05) is 16.9 Å². The molecule has 2 aliphatic heterocycles. The molecule has 2 aliphatic rings. The number of hydrogen-bond donors (Lipinski definition) is 3. The first kappa shape index (κ1) is 24.1. The van der Waals surface area contributed by atoms with E-state index in [9.17, 15) is 24.3 Å². The number of anilines is 1. The third-order valence-electron chi connectivity index (χ3n) is 4.57. The maximum absolute atomic E-state index is 12.9. The molecule has 34 heavy (non-hydrogen) atoms. The summed E-state index contributed by atoms with van der Waals surface area (Å²) in [5.74, 6) is -1.75. The van der Waals surface area contributed by atoms with Crippen molar-refractivity contribution in [2.45, 2.75) is 15.8 Å². The van der Waals surface area contributed by atoms with Crippen LogP contribution in [0.1, 0.15) is 5.69 Å². The molecule has 17 heteroatoms. The number of carbonyl (C=O) groups is 4.